The van der Waals surface area contributed by atoms with Crippen molar-refractivity contribution in [2.75, 3.05) is 0 Å². The molecule has 0 fully saturated rings. The second-order valence-corrected chi connectivity index (χ2v) is 9.10. The molecule has 17 nitrogen and oxygen atoms in total. The number of non-ortho nitro benzene ring substituents is 2. The van der Waals surface area contributed by atoms with E-state index < -0.39 is 79.3 Å². The Kier molecular flexibility index (Phi) is 9.41. The van der Waals surface area contributed by atoms with Crippen molar-refractivity contribution in [3.05, 3.63) is 139 Å². The second-order valence-electron chi connectivity index (χ2n) is 9.10. The molecule has 17 heteroatoms. The average Bonchev–Trinajstić information content (AvgIpc) is 3.04. The van der Waals surface area contributed by atoms with Gasteiger partial charge in [-0.05, 0) is 48.5 Å². The Morgan fingerprint density at radius 1 is 0.511 bits per heavy atom. The lowest BCUT2D eigenvalue weighted by molar-refractivity contribution is -0.385. The first-order valence-corrected chi connectivity index (χ1v) is 12.7. The fraction of sp³-hybridized carbons (Fsp3) is 0. The second kappa shape index (κ2) is 13.6. The maximum absolute atomic E-state index is 12.8. The van der Waals surface area contributed by atoms with Gasteiger partial charge in [-0.2, -0.15) is 0 Å². The van der Waals surface area contributed by atoms with E-state index in [1.54, 1.807) is 0 Å². The highest BCUT2D eigenvalue weighted by Crippen LogP contribution is 2.24. The number of carbonyl (C=O) groups excluding carboxylic acids is 4. The van der Waals surface area contributed by atoms with Crippen LogP contribution in [0.2, 0.25) is 0 Å². The summed E-state index contributed by atoms with van der Waals surface area (Å²) < 4.78 is 14.8. The summed E-state index contributed by atoms with van der Waals surface area (Å²) >= 11 is 0. The summed E-state index contributed by atoms with van der Waals surface area (Å²) in [7, 11) is 0. The standard InChI is InChI=1S/C30H16N2O15/c33-25(34)23-13-19(45-27(37)15-3-1-5-17(11-15)31(41)42)7-9-21(23)29(39)47-30(40)22-10-8-20(14-24(22)26(35)36)46-28(38)16-4-2-6-18(12-16)32(43)44/h1-14H,(H,33,34)(H,35,36). The van der Waals surface area contributed by atoms with Crippen molar-refractivity contribution >= 4 is 47.2 Å². The molecule has 236 valence electrons. The van der Waals surface area contributed by atoms with E-state index in [1.165, 1.54) is 24.3 Å². The van der Waals surface area contributed by atoms with E-state index in [-0.39, 0.29) is 22.6 Å². The van der Waals surface area contributed by atoms with Gasteiger partial charge in [0, 0.05) is 24.3 Å². The molecule has 0 aliphatic rings. The summed E-state index contributed by atoms with van der Waals surface area (Å²) in [4.78, 5) is 94.6. The summed E-state index contributed by atoms with van der Waals surface area (Å²) in [6.45, 7) is 0. The van der Waals surface area contributed by atoms with E-state index in [0.29, 0.717) is 0 Å². The lowest BCUT2D eigenvalue weighted by Crippen LogP contribution is -2.19. The Bertz CT molecular complexity index is 1880. The smallest absolute Gasteiger partial charge is 0.346 e. The molecule has 4 aromatic rings. The molecule has 4 rings (SSSR count). The van der Waals surface area contributed by atoms with Gasteiger partial charge >= 0.3 is 35.8 Å². The summed E-state index contributed by atoms with van der Waals surface area (Å²) in [5, 5.41) is 41.2. The lowest BCUT2D eigenvalue weighted by Gasteiger charge is -2.11. The minimum absolute atomic E-state index is 0.232. The Labute approximate surface area is 260 Å². The number of hydrogen-bond acceptors (Lipinski definition) is 13. The van der Waals surface area contributed by atoms with Gasteiger partial charge in [0.1, 0.15) is 11.5 Å². The van der Waals surface area contributed by atoms with E-state index in [0.717, 1.165) is 60.7 Å². The van der Waals surface area contributed by atoms with Crippen LogP contribution in [0.1, 0.15) is 62.1 Å². The molecular formula is C30H16N2O15. The summed E-state index contributed by atoms with van der Waals surface area (Å²) in [6.07, 6.45) is 0. The number of carboxylic acids is 2. The number of nitrogens with zero attached hydrogens (tertiary/aromatic N) is 2. The molecule has 0 amide bonds. The van der Waals surface area contributed by atoms with Gasteiger partial charge in [-0.3, -0.25) is 20.2 Å². The summed E-state index contributed by atoms with van der Waals surface area (Å²) in [5.74, 6) is -9.41. The topological polar surface area (TPSA) is 257 Å². The van der Waals surface area contributed by atoms with Gasteiger partial charge in [-0.1, -0.05) is 12.1 Å². The lowest BCUT2D eigenvalue weighted by atomic mass is 10.1. The number of esters is 4. The zero-order chi connectivity index (χ0) is 34.4. The zero-order valence-electron chi connectivity index (χ0n) is 23.2. The highest BCUT2D eigenvalue weighted by Gasteiger charge is 2.26. The summed E-state index contributed by atoms with van der Waals surface area (Å²) in [6, 6.07) is 14.2. The van der Waals surface area contributed by atoms with E-state index >= 15 is 0 Å². The Hall–Kier alpha value is -7.30. The third kappa shape index (κ3) is 7.62. The van der Waals surface area contributed by atoms with Crippen LogP contribution in [-0.4, -0.2) is 55.9 Å². The maximum Gasteiger partial charge on any atom is 0.346 e. The minimum Gasteiger partial charge on any atom is -0.478 e. The van der Waals surface area contributed by atoms with Crippen LogP contribution in [0.5, 0.6) is 11.5 Å². The predicted octanol–water partition coefficient (Wildman–Crippen LogP) is 4.34. The van der Waals surface area contributed by atoms with Crippen LogP contribution in [-0.2, 0) is 4.74 Å². The zero-order valence-corrected chi connectivity index (χ0v) is 23.2. The average molecular weight is 644 g/mol. The molecule has 0 unspecified atom stereocenters. The fourth-order valence-corrected chi connectivity index (χ4v) is 3.90. The SMILES string of the molecule is O=C(Oc1ccc(C(=O)OC(=O)c2ccc(OC(=O)c3cccc([N+](=O)[O-])c3)cc2C(=O)O)c(C(=O)O)c1)c1cccc([N+](=O)[O-])c1. The predicted molar refractivity (Wildman–Crippen MR) is 153 cm³/mol. The number of rotatable bonds is 10. The van der Waals surface area contributed by atoms with Gasteiger partial charge in [0.05, 0.1) is 43.2 Å². The molecule has 0 aliphatic carbocycles. The molecule has 0 aromatic heterocycles. The molecule has 47 heavy (non-hydrogen) atoms. The van der Waals surface area contributed by atoms with Crippen molar-refractivity contribution in [1.82, 2.24) is 0 Å². The number of nitro groups is 2. The van der Waals surface area contributed by atoms with Crippen LogP contribution in [0, 0.1) is 20.2 Å². The number of hydrogen-bond donors (Lipinski definition) is 2. The maximum atomic E-state index is 12.8. The molecule has 0 heterocycles. The van der Waals surface area contributed by atoms with Crippen molar-refractivity contribution in [3.63, 3.8) is 0 Å². The molecule has 4 aromatic carbocycles. The van der Waals surface area contributed by atoms with E-state index in [1.807, 2.05) is 0 Å². The van der Waals surface area contributed by atoms with Crippen LogP contribution in [0.4, 0.5) is 11.4 Å². The first-order valence-electron chi connectivity index (χ1n) is 12.7. The van der Waals surface area contributed by atoms with Crippen molar-refractivity contribution in [2.45, 2.75) is 0 Å². The molecule has 0 bridgehead atoms. The fourth-order valence-electron chi connectivity index (χ4n) is 3.90. The first-order chi connectivity index (χ1) is 22.2. The Balaban J connectivity index is 1.52. The molecule has 0 spiro atoms. The monoisotopic (exact) mass is 644 g/mol. The van der Waals surface area contributed by atoms with Gasteiger partial charge in [0.25, 0.3) is 11.4 Å². The van der Waals surface area contributed by atoms with Gasteiger partial charge < -0.3 is 24.4 Å². The summed E-state index contributed by atoms with van der Waals surface area (Å²) in [5.41, 5.74) is -4.23. The van der Waals surface area contributed by atoms with Gasteiger partial charge in [0.2, 0.25) is 0 Å². The molecule has 0 atom stereocenters. The molecule has 2 N–H and O–H groups in total. The van der Waals surface area contributed by atoms with Crippen LogP contribution < -0.4 is 9.47 Å². The normalized spacial score (nSPS) is 10.3. The van der Waals surface area contributed by atoms with Crippen LogP contribution in [0.25, 0.3) is 0 Å². The van der Waals surface area contributed by atoms with E-state index in [2.05, 4.69) is 0 Å². The van der Waals surface area contributed by atoms with Crippen molar-refractivity contribution in [2.24, 2.45) is 0 Å². The van der Waals surface area contributed by atoms with Crippen LogP contribution >= 0.6 is 0 Å². The number of benzene rings is 4. The van der Waals surface area contributed by atoms with Crippen molar-refractivity contribution in [1.29, 1.82) is 0 Å². The Morgan fingerprint density at radius 2 is 0.894 bits per heavy atom. The van der Waals surface area contributed by atoms with Gasteiger partial charge in [0.15, 0.2) is 0 Å². The first kappa shape index (κ1) is 32.6. The van der Waals surface area contributed by atoms with Gasteiger partial charge in [-0.15, -0.1) is 0 Å². The third-order valence-electron chi connectivity index (χ3n) is 6.07. The molecule has 0 saturated carbocycles. The van der Waals surface area contributed by atoms with Crippen molar-refractivity contribution in [3.8, 4) is 11.5 Å². The molecule has 0 saturated heterocycles. The molecule has 0 radical (unpaired) electrons. The number of nitro benzene ring substituents is 2. The van der Waals surface area contributed by atoms with E-state index in [4.69, 9.17) is 14.2 Å². The van der Waals surface area contributed by atoms with Crippen molar-refractivity contribution < 1.29 is 63.0 Å². The minimum atomic E-state index is -1.71. The van der Waals surface area contributed by atoms with Gasteiger partial charge in [-0.25, -0.2) is 28.8 Å². The van der Waals surface area contributed by atoms with Crippen LogP contribution in [0.3, 0.4) is 0 Å². The third-order valence-corrected chi connectivity index (χ3v) is 6.07. The highest BCUT2D eigenvalue weighted by molar-refractivity contribution is 6.11. The van der Waals surface area contributed by atoms with E-state index in [9.17, 15) is 59.2 Å². The Morgan fingerprint density at radius 3 is 1.23 bits per heavy atom. The number of aromatic carboxylic acids is 2. The number of carbonyl (C=O) groups is 6. The highest BCUT2D eigenvalue weighted by atomic mass is 16.6. The largest absolute Gasteiger partial charge is 0.478 e. The number of ether oxygens (including phenoxy) is 3. The van der Waals surface area contributed by atoms with Crippen LogP contribution in [0.15, 0.2) is 84.9 Å². The number of carboxylic acid groups (broad SMARTS) is 2. The quantitative estimate of drug-likeness (QED) is 0.0800. The molecule has 0 aliphatic heterocycles. The molecular weight excluding hydrogens is 628 g/mol.